The summed E-state index contributed by atoms with van der Waals surface area (Å²) in [5.41, 5.74) is 1.05. The predicted octanol–water partition coefficient (Wildman–Crippen LogP) is 3.01. The van der Waals surface area contributed by atoms with Crippen LogP contribution in [0.2, 0.25) is 0 Å². The molecular weight excluding hydrogens is 380 g/mol. The zero-order chi connectivity index (χ0) is 15.8. The van der Waals surface area contributed by atoms with Crippen molar-refractivity contribution in [3.8, 4) is 5.69 Å². The van der Waals surface area contributed by atoms with Gasteiger partial charge in [-0.05, 0) is 31.0 Å². The fraction of sp³-hybridized carbons (Fsp3) is 0.214. The van der Waals surface area contributed by atoms with Crippen molar-refractivity contribution >= 4 is 38.3 Å². The van der Waals surface area contributed by atoms with Gasteiger partial charge in [-0.25, -0.2) is 4.68 Å². The molecule has 1 aromatic carbocycles. The van der Waals surface area contributed by atoms with Gasteiger partial charge in [-0.15, -0.1) is 15.3 Å². The smallest absolute Gasteiger partial charge is 0.279 e. The molecule has 0 spiro atoms. The Morgan fingerprint density at radius 2 is 2.17 bits per heavy atom. The van der Waals surface area contributed by atoms with Gasteiger partial charge in [0, 0.05) is 10.4 Å². The molecule has 23 heavy (non-hydrogen) atoms. The summed E-state index contributed by atoms with van der Waals surface area (Å²) in [7, 11) is 0. The van der Waals surface area contributed by atoms with Crippen LogP contribution in [0, 0.1) is 0 Å². The maximum absolute atomic E-state index is 12.2. The lowest BCUT2D eigenvalue weighted by atomic mass is 10.3. The van der Waals surface area contributed by atoms with Crippen molar-refractivity contribution in [3.05, 3.63) is 45.6 Å². The van der Waals surface area contributed by atoms with Gasteiger partial charge in [-0.3, -0.25) is 10.1 Å². The van der Waals surface area contributed by atoms with Gasteiger partial charge >= 0.3 is 0 Å². The molecule has 0 radical (unpaired) electrons. The molecule has 1 fully saturated rings. The second kappa shape index (κ2) is 5.82. The maximum Gasteiger partial charge on any atom is 0.279 e. The Morgan fingerprint density at radius 1 is 1.30 bits per heavy atom. The van der Waals surface area contributed by atoms with E-state index in [1.165, 1.54) is 11.3 Å². The molecule has 0 saturated heterocycles. The molecule has 0 unspecified atom stereocenters. The molecule has 1 saturated carbocycles. The molecule has 116 valence electrons. The van der Waals surface area contributed by atoms with Crippen molar-refractivity contribution in [3.63, 3.8) is 0 Å². The Bertz CT molecular complexity index is 872. The maximum atomic E-state index is 12.2. The minimum atomic E-state index is -0.343. The van der Waals surface area contributed by atoms with Crippen LogP contribution in [0.4, 0.5) is 5.13 Å². The number of carbonyl (C=O) groups excluding carboxylic acids is 1. The first-order chi connectivity index (χ1) is 11.2. The number of hydrogen-bond donors (Lipinski definition) is 1. The van der Waals surface area contributed by atoms with Crippen molar-refractivity contribution in [2.75, 3.05) is 5.32 Å². The number of hydrogen-bond acceptors (Lipinski definition) is 6. The van der Waals surface area contributed by atoms with Gasteiger partial charge in [0.15, 0.2) is 5.69 Å². The molecular formula is C14H11BrN6OS. The van der Waals surface area contributed by atoms with Crippen molar-refractivity contribution in [2.45, 2.75) is 18.8 Å². The highest BCUT2D eigenvalue weighted by Crippen LogP contribution is 2.42. The van der Waals surface area contributed by atoms with Crippen molar-refractivity contribution in [1.82, 2.24) is 25.2 Å². The van der Waals surface area contributed by atoms with Crippen LogP contribution >= 0.6 is 27.3 Å². The molecule has 1 aliphatic carbocycles. The molecule has 0 aliphatic heterocycles. The number of rotatable bonds is 4. The first kappa shape index (κ1) is 14.5. The zero-order valence-corrected chi connectivity index (χ0v) is 14.2. The third-order valence-corrected chi connectivity index (χ3v) is 4.88. The number of benzene rings is 1. The number of amides is 1. The van der Waals surface area contributed by atoms with E-state index in [4.69, 9.17) is 0 Å². The van der Waals surface area contributed by atoms with E-state index < -0.39 is 0 Å². The fourth-order valence-electron chi connectivity index (χ4n) is 2.05. The van der Waals surface area contributed by atoms with E-state index in [1.54, 1.807) is 10.9 Å². The van der Waals surface area contributed by atoms with Crippen molar-refractivity contribution in [2.24, 2.45) is 0 Å². The van der Waals surface area contributed by atoms with Crippen LogP contribution in [-0.4, -0.2) is 31.1 Å². The summed E-state index contributed by atoms with van der Waals surface area (Å²) >= 11 is 4.82. The third kappa shape index (κ3) is 3.15. The molecule has 2 aromatic heterocycles. The molecule has 2 heterocycles. The van der Waals surface area contributed by atoms with E-state index in [0.717, 1.165) is 28.0 Å². The minimum absolute atomic E-state index is 0.230. The molecule has 1 aliphatic rings. The standard InChI is InChI=1S/C14H11BrN6OS/c15-9-2-1-3-10(6-9)21-7-11(17-20-21)12(22)16-14-19-18-13(23-14)8-4-5-8/h1-3,6-8H,4-5H2,(H,16,19,22). The molecule has 1 amide bonds. The normalized spacial score (nSPS) is 14.0. The monoisotopic (exact) mass is 390 g/mol. The first-order valence-electron chi connectivity index (χ1n) is 7.02. The van der Waals surface area contributed by atoms with E-state index in [1.807, 2.05) is 24.3 Å². The number of anilines is 1. The van der Waals surface area contributed by atoms with Crippen molar-refractivity contribution in [1.29, 1.82) is 0 Å². The van der Waals surface area contributed by atoms with Gasteiger partial charge < -0.3 is 0 Å². The minimum Gasteiger partial charge on any atom is -0.295 e. The SMILES string of the molecule is O=C(Nc1nnc(C2CC2)s1)c1cn(-c2cccc(Br)c2)nn1. The van der Waals surface area contributed by atoms with E-state index in [0.29, 0.717) is 11.0 Å². The molecule has 4 rings (SSSR count). The summed E-state index contributed by atoms with van der Waals surface area (Å²) in [6.45, 7) is 0. The average Bonchev–Trinajstić information content (AvgIpc) is 3.09. The van der Waals surface area contributed by atoms with Crippen LogP contribution in [0.3, 0.4) is 0 Å². The summed E-state index contributed by atoms with van der Waals surface area (Å²) in [5.74, 6) is 0.181. The highest BCUT2D eigenvalue weighted by molar-refractivity contribution is 9.10. The van der Waals surface area contributed by atoms with Gasteiger partial charge in [-0.2, -0.15) is 0 Å². The van der Waals surface area contributed by atoms with Crippen LogP contribution < -0.4 is 5.32 Å². The van der Waals surface area contributed by atoms with E-state index in [9.17, 15) is 4.79 Å². The van der Waals surface area contributed by atoms with Crippen LogP contribution in [-0.2, 0) is 0 Å². The van der Waals surface area contributed by atoms with Crippen molar-refractivity contribution < 1.29 is 4.79 Å². The van der Waals surface area contributed by atoms with Gasteiger partial charge in [0.05, 0.1) is 11.9 Å². The molecule has 9 heteroatoms. The quantitative estimate of drug-likeness (QED) is 0.739. The fourth-order valence-corrected chi connectivity index (χ4v) is 3.35. The number of nitrogens with one attached hydrogen (secondary N) is 1. The molecule has 0 bridgehead atoms. The Kier molecular flexibility index (Phi) is 3.66. The van der Waals surface area contributed by atoms with Crippen LogP contribution in [0.25, 0.3) is 5.69 Å². The largest absolute Gasteiger partial charge is 0.295 e. The lowest BCUT2D eigenvalue weighted by molar-refractivity contribution is 0.102. The number of carbonyl (C=O) groups is 1. The van der Waals surface area contributed by atoms with Gasteiger partial charge in [-0.1, -0.05) is 38.5 Å². The summed E-state index contributed by atoms with van der Waals surface area (Å²) in [4.78, 5) is 12.2. The molecule has 1 N–H and O–H groups in total. The summed E-state index contributed by atoms with van der Waals surface area (Å²) < 4.78 is 2.48. The number of nitrogens with zero attached hydrogens (tertiary/aromatic N) is 5. The van der Waals surface area contributed by atoms with Crippen LogP contribution in [0.15, 0.2) is 34.9 Å². The lowest BCUT2D eigenvalue weighted by Crippen LogP contribution is -2.12. The Hall–Kier alpha value is -2.13. The summed E-state index contributed by atoms with van der Waals surface area (Å²) in [6.07, 6.45) is 3.90. The second-order valence-corrected chi connectivity index (χ2v) is 7.13. The molecule has 7 nitrogen and oxygen atoms in total. The predicted molar refractivity (Wildman–Crippen MR) is 88.9 cm³/mol. The van der Waals surface area contributed by atoms with E-state index >= 15 is 0 Å². The summed E-state index contributed by atoms with van der Waals surface area (Å²) in [5, 5.41) is 20.2. The van der Waals surface area contributed by atoms with E-state index in [2.05, 4.69) is 41.8 Å². The first-order valence-corrected chi connectivity index (χ1v) is 8.63. The Morgan fingerprint density at radius 3 is 2.96 bits per heavy atom. The number of halogens is 1. The Balaban J connectivity index is 1.50. The molecule has 3 aromatic rings. The lowest BCUT2D eigenvalue weighted by Gasteiger charge is -1.99. The number of aromatic nitrogens is 5. The van der Waals surface area contributed by atoms with Gasteiger partial charge in [0.2, 0.25) is 5.13 Å². The molecule has 0 atom stereocenters. The average molecular weight is 391 g/mol. The summed E-state index contributed by atoms with van der Waals surface area (Å²) in [6, 6.07) is 7.58. The van der Waals surface area contributed by atoms with E-state index in [-0.39, 0.29) is 11.6 Å². The highest BCUT2D eigenvalue weighted by atomic mass is 79.9. The second-order valence-electron chi connectivity index (χ2n) is 5.20. The van der Waals surface area contributed by atoms with Gasteiger partial charge in [0.25, 0.3) is 5.91 Å². The van der Waals surface area contributed by atoms with Gasteiger partial charge in [0.1, 0.15) is 5.01 Å². The van der Waals surface area contributed by atoms with Crippen LogP contribution in [0.1, 0.15) is 34.3 Å². The third-order valence-electron chi connectivity index (χ3n) is 3.39. The highest BCUT2D eigenvalue weighted by Gasteiger charge is 2.28. The topological polar surface area (TPSA) is 85.6 Å². The zero-order valence-electron chi connectivity index (χ0n) is 11.8. The Labute approximate surface area is 143 Å². The van der Waals surface area contributed by atoms with Crippen LogP contribution in [0.5, 0.6) is 0 Å².